The first-order valence-corrected chi connectivity index (χ1v) is 8.91. The summed E-state index contributed by atoms with van der Waals surface area (Å²) in [5.41, 5.74) is 9.61. The maximum Gasteiger partial charge on any atom is 0.157 e. The lowest BCUT2D eigenvalue weighted by Gasteiger charge is -2.13. The highest BCUT2D eigenvalue weighted by Gasteiger charge is 2.25. The summed E-state index contributed by atoms with van der Waals surface area (Å²) >= 11 is 0. The maximum atomic E-state index is 9.78. The van der Waals surface area contributed by atoms with Gasteiger partial charge in [0.2, 0.25) is 0 Å². The molecule has 130 valence electrons. The molecule has 1 aliphatic rings. The summed E-state index contributed by atoms with van der Waals surface area (Å²) in [4.78, 5) is 8.83. The van der Waals surface area contributed by atoms with Gasteiger partial charge < -0.3 is 0 Å². The van der Waals surface area contributed by atoms with E-state index in [1.807, 2.05) is 40.8 Å². The van der Waals surface area contributed by atoms with Crippen molar-refractivity contribution >= 4 is 28.7 Å². The van der Waals surface area contributed by atoms with Crippen LogP contribution in [0.15, 0.2) is 53.9 Å². The fourth-order valence-electron chi connectivity index (χ4n) is 3.83. The van der Waals surface area contributed by atoms with Crippen LogP contribution in [0.1, 0.15) is 28.7 Å². The second kappa shape index (κ2) is 6.22. The molecule has 0 amide bonds. The maximum absolute atomic E-state index is 9.78. The van der Waals surface area contributed by atoms with Gasteiger partial charge in [-0.25, -0.2) is 4.98 Å². The van der Waals surface area contributed by atoms with Gasteiger partial charge >= 0.3 is 0 Å². The van der Waals surface area contributed by atoms with E-state index in [1.54, 1.807) is 18.6 Å². The van der Waals surface area contributed by atoms with Crippen LogP contribution < -0.4 is 5.43 Å². The van der Waals surface area contributed by atoms with Gasteiger partial charge in [-0.3, -0.25) is 14.8 Å². The Hall–Kier alpha value is -3.72. The van der Waals surface area contributed by atoms with E-state index in [0.717, 1.165) is 52.8 Å². The molecule has 5 rings (SSSR count). The molecule has 1 aromatic carbocycles. The fraction of sp³-hybridized carbons (Fsp3) is 0.143. The quantitative estimate of drug-likeness (QED) is 0.450. The number of hydrazone groups is 1. The van der Waals surface area contributed by atoms with Gasteiger partial charge in [0.05, 0.1) is 22.8 Å². The third kappa shape index (κ3) is 2.44. The predicted octanol–water partition coefficient (Wildman–Crippen LogP) is 3.69. The van der Waals surface area contributed by atoms with Crippen molar-refractivity contribution in [1.29, 1.82) is 5.26 Å². The summed E-state index contributed by atoms with van der Waals surface area (Å²) in [7, 11) is 0. The summed E-state index contributed by atoms with van der Waals surface area (Å²) in [6, 6.07) is 14.1. The Kier molecular flexibility index (Phi) is 3.58. The fourth-order valence-corrected chi connectivity index (χ4v) is 3.83. The van der Waals surface area contributed by atoms with Crippen LogP contribution in [0.25, 0.3) is 16.7 Å². The van der Waals surface area contributed by atoms with Crippen LogP contribution >= 0.6 is 0 Å². The molecule has 0 saturated heterocycles. The number of nitrogens with one attached hydrogen (secondary N) is 1. The lowest BCUT2D eigenvalue weighted by Crippen LogP contribution is -2.06. The van der Waals surface area contributed by atoms with E-state index in [0.29, 0.717) is 11.2 Å². The molecule has 0 atom stereocenters. The lowest BCUT2D eigenvalue weighted by atomic mass is 10.1. The second-order valence-corrected chi connectivity index (χ2v) is 6.56. The molecule has 3 aromatic heterocycles. The van der Waals surface area contributed by atoms with Crippen molar-refractivity contribution in [3.05, 3.63) is 71.0 Å². The number of rotatable bonds is 3. The zero-order chi connectivity index (χ0) is 18.2. The average Bonchev–Trinajstić information content (AvgIpc) is 3.33. The van der Waals surface area contributed by atoms with Crippen LogP contribution in [0.2, 0.25) is 0 Å². The molecule has 6 heteroatoms. The number of pyridine rings is 2. The zero-order valence-electron chi connectivity index (χ0n) is 14.6. The molecule has 27 heavy (non-hydrogen) atoms. The minimum Gasteiger partial charge on any atom is -0.276 e. The number of hydrogen-bond donors (Lipinski definition) is 1. The van der Waals surface area contributed by atoms with Crippen molar-refractivity contribution < 1.29 is 0 Å². The third-order valence-electron chi connectivity index (χ3n) is 4.99. The van der Waals surface area contributed by atoms with Gasteiger partial charge in [0.15, 0.2) is 5.65 Å². The van der Waals surface area contributed by atoms with E-state index >= 15 is 0 Å². The molecular formula is C21H16N6. The highest BCUT2D eigenvalue weighted by molar-refractivity contribution is 5.87. The van der Waals surface area contributed by atoms with Crippen LogP contribution in [0.4, 0.5) is 5.82 Å². The van der Waals surface area contributed by atoms with Crippen LogP contribution in [0.5, 0.6) is 0 Å². The SMILES string of the molecule is N#Cc1c2c(c(N/N=C/c3cccnc3)n3c1nc1ccccc13)CCC2. The Morgan fingerprint density at radius 1 is 1.15 bits per heavy atom. The number of fused-ring (bicyclic) bond motifs is 4. The molecule has 0 fully saturated rings. The van der Waals surface area contributed by atoms with Crippen molar-refractivity contribution in [3.63, 3.8) is 0 Å². The van der Waals surface area contributed by atoms with E-state index in [4.69, 9.17) is 4.98 Å². The third-order valence-corrected chi connectivity index (χ3v) is 4.99. The van der Waals surface area contributed by atoms with Crippen molar-refractivity contribution in [2.24, 2.45) is 5.10 Å². The molecule has 0 bridgehead atoms. The minimum atomic E-state index is 0.681. The van der Waals surface area contributed by atoms with Gasteiger partial charge in [0, 0.05) is 18.0 Å². The molecule has 1 N–H and O–H groups in total. The first-order valence-electron chi connectivity index (χ1n) is 8.91. The average molecular weight is 352 g/mol. The van der Waals surface area contributed by atoms with Gasteiger partial charge in [0.1, 0.15) is 11.9 Å². The highest BCUT2D eigenvalue weighted by Crippen LogP contribution is 2.36. The molecule has 0 aliphatic heterocycles. The van der Waals surface area contributed by atoms with Crippen molar-refractivity contribution in [2.75, 3.05) is 5.43 Å². The van der Waals surface area contributed by atoms with Gasteiger partial charge in [-0.1, -0.05) is 18.2 Å². The van der Waals surface area contributed by atoms with E-state index in [1.165, 1.54) is 0 Å². The Morgan fingerprint density at radius 2 is 2.04 bits per heavy atom. The first-order chi connectivity index (χ1) is 13.4. The molecule has 0 radical (unpaired) electrons. The lowest BCUT2D eigenvalue weighted by molar-refractivity contribution is 0.909. The summed E-state index contributed by atoms with van der Waals surface area (Å²) in [6.07, 6.45) is 8.11. The molecule has 0 saturated carbocycles. The predicted molar refractivity (Wildman–Crippen MR) is 105 cm³/mol. The van der Waals surface area contributed by atoms with E-state index in [-0.39, 0.29) is 0 Å². The topological polar surface area (TPSA) is 78.4 Å². The van der Waals surface area contributed by atoms with Crippen molar-refractivity contribution in [2.45, 2.75) is 19.3 Å². The van der Waals surface area contributed by atoms with Crippen LogP contribution in [-0.4, -0.2) is 20.6 Å². The first kappa shape index (κ1) is 15.5. The van der Waals surface area contributed by atoms with Gasteiger partial charge in [-0.2, -0.15) is 10.4 Å². The van der Waals surface area contributed by atoms with Crippen LogP contribution in [-0.2, 0) is 12.8 Å². The monoisotopic (exact) mass is 352 g/mol. The molecule has 0 unspecified atom stereocenters. The molecular weight excluding hydrogens is 336 g/mol. The number of anilines is 1. The summed E-state index contributed by atoms with van der Waals surface area (Å²) in [5, 5.41) is 14.2. The Bertz CT molecular complexity index is 1230. The Morgan fingerprint density at radius 3 is 2.89 bits per heavy atom. The minimum absolute atomic E-state index is 0.681. The number of aromatic nitrogens is 3. The molecule has 4 aromatic rings. The van der Waals surface area contributed by atoms with Gasteiger partial charge in [0.25, 0.3) is 0 Å². The Balaban J connectivity index is 1.73. The second-order valence-electron chi connectivity index (χ2n) is 6.56. The number of nitrogens with zero attached hydrogens (tertiary/aromatic N) is 5. The number of imidazole rings is 1. The number of benzene rings is 1. The van der Waals surface area contributed by atoms with Crippen molar-refractivity contribution in [3.8, 4) is 6.07 Å². The normalized spacial score (nSPS) is 13.3. The molecule has 0 spiro atoms. The van der Waals surface area contributed by atoms with Crippen molar-refractivity contribution in [1.82, 2.24) is 14.4 Å². The van der Waals surface area contributed by atoms with E-state index < -0.39 is 0 Å². The van der Waals surface area contributed by atoms with Gasteiger partial charge in [-0.15, -0.1) is 0 Å². The number of nitriles is 1. The largest absolute Gasteiger partial charge is 0.276 e. The van der Waals surface area contributed by atoms with E-state index in [2.05, 4.69) is 21.6 Å². The summed E-state index contributed by atoms with van der Waals surface area (Å²) in [6.45, 7) is 0. The molecule has 1 aliphatic carbocycles. The number of para-hydroxylation sites is 2. The van der Waals surface area contributed by atoms with E-state index in [9.17, 15) is 5.26 Å². The van der Waals surface area contributed by atoms with Gasteiger partial charge in [-0.05, 0) is 48.6 Å². The standard InChI is InChI=1S/C21H16N6/c22-11-17-15-6-3-7-16(15)21(26-24-13-14-5-4-10-23-12-14)27-19-9-2-1-8-18(19)25-20(17)27/h1-2,4-5,8-10,12-13,26H,3,6-7H2/b24-13+. The van der Waals surface area contributed by atoms with Crippen LogP contribution in [0, 0.1) is 11.3 Å². The van der Waals surface area contributed by atoms with Crippen LogP contribution in [0.3, 0.4) is 0 Å². The smallest absolute Gasteiger partial charge is 0.157 e. The zero-order valence-corrected chi connectivity index (χ0v) is 14.6. The summed E-state index contributed by atoms with van der Waals surface area (Å²) in [5.74, 6) is 0.894. The summed E-state index contributed by atoms with van der Waals surface area (Å²) < 4.78 is 2.03. The number of hydrogen-bond acceptors (Lipinski definition) is 5. The highest BCUT2D eigenvalue weighted by atomic mass is 15.3. The Labute approximate surface area is 155 Å². The molecule has 3 heterocycles. The molecule has 6 nitrogen and oxygen atoms in total.